The fraction of sp³-hybridized carbons (Fsp3) is 0.348. The van der Waals surface area contributed by atoms with Gasteiger partial charge in [0.25, 0.3) is 5.91 Å². The summed E-state index contributed by atoms with van der Waals surface area (Å²) < 4.78 is 51.9. The first kappa shape index (κ1) is 24.8. The van der Waals surface area contributed by atoms with E-state index in [1.165, 1.54) is 13.2 Å². The first-order chi connectivity index (χ1) is 16.7. The van der Waals surface area contributed by atoms with Gasteiger partial charge in [-0.1, -0.05) is 11.6 Å². The van der Waals surface area contributed by atoms with Crippen LogP contribution in [0.25, 0.3) is 11.0 Å². The van der Waals surface area contributed by atoms with Crippen LogP contribution in [0.3, 0.4) is 0 Å². The number of cyclic esters (lactones) is 1. The lowest BCUT2D eigenvalue weighted by molar-refractivity contribution is -0.137. The Morgan fingerprint density at radius 3 is 2.83 bits per heavy atom. The first-order valence-corrected chi connectivity index (χ1v) is 11.2. The zero-order valence-corrected chi connectivity index (χ0v) is 19.4. The number of amides is 2. The van der Waals surface area contributed by atoms with Gasteiger partial charge in [0.15, 0.2) is 0 Å². The van der Waals surface area contributed by atoms with E-state index in [-0.39, 0.29) is 31.0 Å². The molecule has 2 heterocycles. The van der Waals surface area contributed by atoms with E-state index in [1.807, 2.05) is 0 Å². The molecule has 1 atom stereocenters. The molecule has 0 bridgehead atoms. The molecule has 0 spiro atoms. The van der Waals surface area contributed by atoms with Gasteiger partial charge in [0, 0.05) is 24.2 Å². The summed E-state index contributed by atoms with van der Waals surface area (Å²) in [7, 11) is 1.43. The fourth-order valence-electron chi connectivity index (χ4n) is 3.82. The summed E-state index contributed by atoms with van der Waals surface area (Å²) in [6.07, 6.45) is -4.61. The molecule has 4 rings (SSSR count). The fourth-order valence-corrected chi connectivity index (χ4v) is 4.00. The number of alkyl halides is 3. The Morgan fingerprint density at radius 2 is 2.09 bits per heavy atom. The number of carbonyl (C=O) groups excluding carboxylic acids is 2. The number of anilines is 1. The predicted molar refractivity (Wildman–Crippen MR) is 123 cm³/mol. The third kappa shape index (κ3) is 5.51. The number of rotatable bonds is 6. The number of methoxy groups -OCH3 is 1. The van der Waals surface area contributed by atoms with Crippen LogP contribution in [0, 0.1) is 0 Å². The van der Waals surface area contributed by atoms with Crippen molar-refractivity contribution in [1.29, 1.82) is 0 Å². The van der Waals surface area contributed by atoms with Crippen molar-refractivity contribution in [3.05, 3.63) is 58.4 Å². The summed E-state index contributed by atoms with van der Waals surface area (Å²) in [6.45, 7) is 0.245. The van der Waals surface area contributed by atoms with Crippen LogP contribution in [0.1, 0.15) is 40.6 Å². The van der Waals surface area contributed by atoms with Crippen LogP contribution in [0.2, 0.25) is 5.02 Å². The average Bonchev–Trinajstić information content (AvgIpc) is 3.11. The summed E-state index contributed by atoms with van der Waals surface area (Å²) in [4.78, 5) is 33.6. The molecule has 0 saturated carbocycles. The van der Waals surface area contributed by atoms with E-state index in [4.69, 9.17) is 21.1 Å². The Kier molecular flexibility index (Phi) is 7.18. The van der Waals surface area contributed by atoms with Gasteiger partial charge in [0.05, 0.1) is 35.5 Å². The lowest BCUT2D eigenvalue weighted by Gasteiger charge is -2.24. The van der Waals surface area contributed by atoms with Crippen molar-refractivity contribution in [1.82, 2.24) is 15.3 Å². The predicted octanol–water partition coefficient (Wildman–Crippen LogP) is 5.09. The number of benzene rings is 2. The molecular weight excluding hydrogens is 489 g/mol. The number of hydrogen-bond donors (Lipinski definition) is 2. The molecule has 1 fully saturated rings. The topological polar surface area (TPSA) is 96.6 Å². The van der Waals surface area contributed by atoms with Gasteiger partial charge in [-0.05, 0) is 49.2 Å². The highest BCUT2D eigenvalue weighted by Gasteiger charge is 2.37. The van der Waals surface area contributed by atoms with Crippen molar-refractivity contribution >= 4 is 40.3 Å². The van der Waals surface area contributed by atoms with Gasteiger partial charge < -0.3 is 19.8 Å². The minimum Gasteiger partial charge on any atom is -0.449 e. The maximum absolute atomic E-state index is 13.9. The second kappa shape index (κ2) is 10.1. The Morgan fingerprint density at radius 1 is 1.29 bits per heavy atom. The van der Waals surface area contributed by atoms with Crippen LogP contribution in [0.4, 0.5) is 23.7 Å². The number of nitrogens with one attached hydrogen (secondary N) is 2. The van der Waals surface area contributed by atoms with Crippen LogP contribution < -0.4 is 10.2 Å². The van der Waals surface area contributed by atoms with E-state index in [9.17, 15) is 22.8 Å². The maximum atomic E-state index is 13.9. The van der Waals surface area contributed by atoms with Gasteiger partial charge in [-0.15, -0.1) is 0 Å². The number of hydrogen-bond acceptors (Lipinski definition) is 5. The Balaban J connectivity index is 1.63. The van der Waals surface area contributed by atoms with E-state index in [1.54, 1.807) is 18.2 Å². The molecule has 1 saturated heterocycles. The smallest absolute Gasteiger partial charge is 0.418 e. The minimum absolute atomic E-state index is 0.0170. The Labute approximate surface area is 203 Å². The Hall–Kier alpha value is -3.31. The second-order valence-electron chi connectivity index (χ2n) is 7.97. The standard InChI is InChI=1S/C23H22ClF3N4O4/c1-34-12-18(20-28-16-6-5-14(24)11-17(16)29-20)30-21(32)13-4-7-19(15(10-13)23(25,26)27)31-8-2-3-9-35-22(31)33/h4-7,10-11,18H,2-3,8-9,12H2,1H3,(H,28,29)(H,30,32). The molecule has 8 nitrogen and oxygen atoms in total. The van der Waals surface area contributed by atoms with Gasteiger partial charge in [0.2, 0.25) is 0 Å². The zero-order valence-electron chi connectivity index (χ0n) is 18.6. The molecule has 35 heavy (non-hydrogen) atoms. The van der Waals surface area contributed by atoms with Crippen molar-refractivity contribution in [2.24, 2.45) is 0 Å². The van der Waals surface area contributed by atoms with E-state index < -0.39 is 29.8 Å². The normalized spacial score (nSPS) is 15.6. The molecular formula is C23H22ClF3N4O4. The van der Waals surface area contributed by atoms with Crippen LogP contribution >= 0.6 is 11.6 Å². The molecule has 3 aromatic rings. The average molecular weight is 511 g/mol. The third-order valence-electron chi connectivity index (χ3n) is 5.51. The van der Waals surface area contributed by atoms with E-state index in [0.717, 1.165) is 17.0 Å². The van der Waals surface area contributed by atoms with Gasteiger partial charge in [-0.3, -0.25) is 9.69 Å². The summed E-state index contributed by atoms with van der Waals surface area (Å²) in [5.41, 5.74) is -0.456. The zero-order chi connectivity index (χ0) is 25.2. The van der Waals surface area contributed by atoms with Crippen molar-refractivity contribution in [2.75, 3.05) is 31.8 Å². The number of imidazole rings is 1. The number of carbonyl (C=O) groups is 2. The molecule has 12 heteroatoms. The van der Waals surface area contributed by atoms with Crippen LogP contribution in [-0.4, -0.2) is 48.8 Å². The summed E-state index contributed by atoms with van der Waals surface area (Å²) in [6, 6.07) is 7.34. The molecule has 1 aliphatic heterocycles. The van der Waals surface area contributed by atoms with Crippen molar-refractivity contribution in [2.45, 2.75) is 25.1 Å². The van der Waals surface area contributed by atoms with Gasteiger partial charge in [-0.25, -0.2) is 9.78 Å². The number of halogens is 4. The number of H-pyrrole nitrogens is 1. The quantitative estimate of drug-likeness (QED) is 0.481. The first-order valence-electron chi connectivity index (χ1n) is 10.8. The molecule has 2 N–H and O–H groups in total. The summed E-state index contributed by atoms with van der Waals surface area (Å²) >= 11 is 6.01. The molecule has 1 aromatic heterocycles. The molecule has 0 aliphatic carbocycles. The highest BCUT2D eigenvalue weighted by molar-refractivity contribution is 6.31. The number of fused-ring (bicyclic) bond motifs is 1. The number of ether oxygens (including phenoxy) is 2. The van der Waals surface area contributed by atoms with Crippen LogP contribution in [-0.2, 0) is 15.7 Å². The molecule has 2 aromatic carbocycles. The maximum Gasteiger partial charge on any atom is 0.418 e. The van der Waals surface area contributed by atoms with Crippen LogP contribution in [0.15, 0.2) is 36.4 Å². The van der Waals surface area contributed by atoms with Crippen LogP contribution in [0.5, 0.6) is 0 Å². The monoisotopic (exact) mass is 510 g/mol. The Bertz CT molecular complexity index is 1250. The number of aromatic amines is 1. The molecule has 0 radical (unpaired) electrons. The van der Waals surface area contributed by atoms with Crippen molar-refractivity contribution in [3.63, 3.8) is 0 Å². The number of nitrogens with zero attached hydrogens (tertiary/aromatic N) is 2. The summed E-state index contributed by atoms with van der Waals surface area (Å²) in [5, 5.41) is 3.15. The molecule has 1 aliphatic rings. The third-order valence-corrected chi connectivity index (χ3v) is 5.74. The summed E-state index contributed by atoms with van der Waals surface area (Å²) in [5.74, 6) is -0.404. The highest BCUT2D eigenvalue weighted by atomic mass is 35.5. The lowest BCUT2D eigenvalue weighted by Crippen LogP contribution is -2.34. The molecule has 186 valence electrons. The van der Waals surface area contributed by atoms with Crippen molar-refractivity contribution in [3.8, 4) is 0 Å². The number of aromatic nitrogens is 2. The second-order valence-corrected chi connectivity index (χ2v) is 8.40. The van der Waals surface area contributed by atoms with E-state index in [2.05, 4.69) is 15.3 Å². The van der Waals surface area contributed by atoms with Crippen molar-refractivity contribution < 1.29 is 32.2 Å². The van der Waals surface area contributed by atoms with E-state index in [0.29, 0.717) is 34.7 Å². The minimum atomic E-state index is -4.80. The largest absolute Gasteiger partial charge is 0.449 e. The molecule has 1 unspecified atom stereocenters. The SMILES string of the molecule is COCC(NC(=O)c1ccc(N2CCCCOC2=O)c(C(F)(F)F)c1)c1nc2ccc(Cl)cc2[nH]1. The van der Waals surface area contributed by atoms with Gasteiger partial charge in [0.1, 0.15) is 11.9 Å². The lowest BCUT2D eigenvalue weighted by atomic mass is 10.1. The van der Waals surface area contributed by atoms with Gasteiger partial charge in [-0.2, -0.15) is 13.2 Å². The highest BCUT2D eigenvalue weighted by Crippen LogP contribution is 2.38. The molecule has 2 amide bonds. The van der Waals surface area contributed by atoms with Gasteiger partial charge >= 0.3 is 12.3 Å². The van der Waals surface area contributed by atoms with E-state index >= 15 is 0 Å².